The summed E-state index contributed by atoms with van der Waals surface area (Å²) >= 11 is 0. The standard InChI is InChI=1S/C50H32BF4N3/c1-29-11-9-17-35-23-36-18-10-12-30(2)46(36)51(45(29)35)47-39(26-56)40(27-57)48(44-43(47)49(52,53)28-50(44,54)55)58-41-21-19-33(31-13-5-3-6-14-31)24-37(41)38-25-34(20-22-42(38)58)32-15-7-4-8-16-32/h3-22,24-25H,23,28H2,1-2H3. The summed E-state index contributed by atoms with van der Waals surface area (Å²) in [6, 6.07) is 46.4. The van der Waals surface area contributed by atoms with E-state index >= 15 is 17.6 Å². The molecule has 1 aliphatic carbocycles. The zero-order valence-electron chi connectivity index (χ0n) is 31.5. The van der Waals surface area contributed by atoms with Gasteiger partial charge in [-0.1, -0.05) is 131 Å². The van der Waals surface area contributed by atoms with Crippen LogP contribution in [0.2, 0.25) is 0 Å². The summed E-state index contributed by atoms with van der Waals surface area (Å²) in [6.07, 6.45) is -1.27. The zero-order chi connectivity index (χ0) is 40.1. The first-order valence-electron chi connectivity index (χ1n) is 19.2. The summed E-state index contributed by atoms with van der Waals surface area (Å²) in [5, 5.41) is 23.7. The van der Waals surface area contributed by atoms with Crippen LogP contribution in [0, 0.1) is 36.5 Å². The number of benzene rings is 7. The molecule has 0 bridgehead atoms. The van der Waals surface area contributed by atoms with Crippen molar-refractivity contribution in [2.45, 2.75) is 38.5 Å². The second kappa shape index (κ2) is 12.8. The van der Waals surface area contributed by atoms with Crippen LogP contribution in [0.15, 0.2) is 133 Å². The van der Waals surface area contributed by atoms with E-state index in [1.165, 1.54) is 4.57 Å². The van der Waals surface area contributed by atoms with Gasteiger partial charge in [0.2, 0.25) is 6.71 Å². The zero-order valence-corrected chi connectivity index (χ0v) is 31.5. The van der Waals surface area contributed by atoms with Crippen molar-refractivity contribution in [3.8, 4) is 40.1 Å². The van der Waals surface area contributed by atoms with Crippen molar-refractivity contribution in [2.24, 2.45) is 0 Å². The van der Waals surface area contributed by atoms with E-state index in [0.717, 1.165) is 44.5 Å². The molecule has 0 saturated heterocycles. The van der Waals surface area contributed by atoms with Crippen LogP contribution in [-0.4, -0.2) is 11.3 Å². The molecular weight excluding hydrogens is 729 g/mol. The number of aromatic nitrogens is 1. The highest BCUT2D eigenvalue weighted by atomic mass is 19.3. The molecule has 0 unspecified atom stereocenters. The number of hydrogen-bond acceptors (Lipinski definition) is 2. The van der Waals surface area contributed by atoms with Crippen LogP contribution in [-0.2, 0) is 18.3 Å². The lowest BCUT2D eigenvalue weighted by atomic mass is 9.31. The van der Waals surface area contributed by atoms with Crippen LogP contribution in [0.5, 0.6) is 0 Å². The monoisotopic (exact) mass is 761 g/mol. The summed E-state index contributed by atoms with van der Waals surface area (Å²) < 4.78 is 69.6. The molecule has 7 aromatic carbocycles. The Bertz CT molecular complexity index is 2970. The lowest BCUT2D eigenvalue weighted by molar-refractivity contribution is -0.0921. The maximum atomic E-state index is 17.0. The average Bonchev–Trinajstić information content (AvgIpc) is 3.65. The van der Waals surface area contributed by atoms with Crippen molar-refractivity contribution in [1.82, 2.24) is 4.57 Å². The summed E-state index contributed by atoms with van der Waals surface area (Å²) in [4.78, 5) is 0. The maximum Gasteiger partial charge on any atom is 0.281 e. The van der Waals surface area contributed by atoms with Crippen molar-refractivity contribution in [3.05, 3.63) is 178 Å². The Morgan fingerprint density at radius 3 is 1.50 bits per heavy atom. The highest BCUT2D eigenvalue weighted by Gasteiger charge is 2.60. The van der Waals surface area contributed by atoms with Crippen LogP contribution in [0.25, 0.3) is 49.7 Å². The summed E-state index contributed by atoms with van der Waals surface area (Å²) in [7, 11) is 0. The first-order valence-corrected chi connectivity index (χ1v) is 19.2. The SMILES string of the molecule is Cc1cccc2c1B(c1c(C#N)c(C#N)c(-n3c4ccc(-c5ccccc5)cc4c4cc(-c5ccccc5)ccc43)c3c1C(F)(F)CC3(F)F)c1c(C)cccc1C2. The fraction of sp³-hybridized carbons (Fsp3) is 0.120. The second-order valence-electron chi connectivity index (χ2n) is 15.5. The molecule has 0 saturated carbocycles. The molecule has 58 heavy (non-hydrogen) atoms. The van der Waals surface area contributed by atoms with Gasteiger partial charge in [-0.2, -0.15) is 10.5 Å². The van der Waals surface area contributed by atoms with E-state index in [4.69, 9.17) is 0 Å². The molecule has 0 radical (unpaired) electrons. The predicted octanol–water partition coefficient (Wildman–Crippen LogP) is 10.5. The van der Waals surface area contributed by atoms with E-state index in [2.05, 4.69) is 12.1 Å². The van der Waals surface area contributed by atoms with Gasteiger partial charge in [-0.15, -0.1) is 0 Å². The summed E-state index contributed by atoms with van der Waals surface area (Å²) in [5.41, 5.74) is 6.15. The summed E-state index contributed by atoms with van der Waals surface area (Å²) in [5.74, 6) is -8.09. The molecule has 1 aromatic heterocycles. The molecule has 8 heteroatoms. The highest BCUT2D eigenvalue weighted by molar-refractivity contribution is 6.97. The van der Waals surface area contributed by atoms with E-state index in [9.17, 15) is 10.5 Å². The molecule has 1 aliphatic heterocycles. The molecule has 0 N–H and O–H groups in total. The third-order valence-electron chi connectivity index (χ3n) is 12.2. The van der Waals surface area contributed by atoms with Gasteiger partial charge < -0.3 is 4.57 Å². The van der Waals surface area contributed by atoms with Gasteiger partial charge in [-0.3, -0.25) is 0 Å². The molecule has 0 fully saturated rings. The average molecular weight is 762 g/mol. The van der Waals surface area contributed by atoms with Crippen molar-refractivity contribution in [3.63, 3.8) is 0 Å². The number of halogens is 4. The van der Waals surface area contributed by atoms with Crippen LogP contribution in [0.1, 0.15) is 50.9 Å². The van der Waals surface area contributed by atoms with Gasteiger partial charge in [0.1, 0.15) is 12.1 Å². The third kappa shape index (κ3) is 5.11. The lowest BCUT2D eigenvalue weighted by Gasteiger charge is -2.33. The van der Waals surface area contributed by atoms with Gasteiger partial charge in [0.25, 0.3) is 11.8 Å². The first-order chi connectivity index (χ1) is 28.0. The number of aryl methyl sites for hydroxylation is 2. The number of nitrogens with zero attached hydrogens (tertiary/aromatic N) is 3. The fourth-order valence-electron chi connectivity index (χ4n) is 9.83. The minimum absolute atomic E-state index is 0.218. The van der Waals surface area contributed by atoms with Gasteiger partial charge in [0.05, 0.1) is 39.8 Å². The molecule has 3 nitrogen and oxygen atoms in total. The van der Waals surface area contributed by atoms with E-state index < -0.39 is 36.1 Å². The van der Waals surface area contributed by atoms with Crippen molar-refractivity contribution in [1.29, 1.82) is 10.5 Å². The van der Waals surface area contributed by atoms with Crippen LogP contribution >= 0.6 is 0 Å². The quantitative estimate of drug-likeness (QED) is 0.132. The Balaban J connectivity index is 1.37. The molecule has 2 heterocycles. The van der Waals surface area contributed by atoms with E-state index in [1.54, 1.807) is 12.1 Å². The normalized spacial score (nSPS) is 14.8. The lowest BCUT2D eigenvalue weighted by Crippen LogP contribution is -2.61. The Morgan fingerprint density at radius 1 is 0.534 bits per heavy atom. The molecule has 278 valence electrons. The third-order valence-corrected chi connectivity index (χ3v) is 12.2. The molecule has 8 aromatic rings. The molecule has 10 rings (SSSR count). The van der Waals surface area contributed by atoms with Gasteiger partial charge in [-0.25, -0.2) is 17.6 Å². The van der Waals surface area contributed by atoms with Crippen molar-refractivity contribution >= 4 is 44.9 Å². The number of nitriles is 2. The minimum atomic E-state index is -4.06. The second-order valence-corrected chi connectivity index (χ2v) is 15.5. The maximum absolute atomic E-state index is 17.0. The first kappa shape index (κ1) is 35.5. The Labute approximate surface area is 333 Å². The Hall–Kier alpha value is -6.90. The van der Waals surface area contributed by atoms with Gasteiger partial charge in [0.15, 0.2) is 0 Å². The molecule has 0 spiro atoms. The molecule has 0 atom stereocenters. The summed E-state index contributed by atoms with van der Waals surface area (Å²) in [6.45, 7) is 2.75. The largest absolute Gasteiger partial charge is 0.307 e. The number of fused-ring (bicyclic) bond motifs is 6. The Morgan fingerprint density at radius 2 is 1.02 bits per heavy atom. The smallest absolute Gasteiger partial charge is 0.281 e. The van der Waals surface area contributed by atoms with Gasteiger partial charge in [-0.05, 0) is 83.4 Å². The number of alkyl halides is 4. The number of hydrogen-bond donors (Lipinski definition) is 0. The fourth-order valence-corrected chi connectivity index (χ4v) is 9.83. The van der Waals surface area contributed by atoms with Crippen molar-refractivity contribution < 1.29 is 17.6 Å². The van der Waals surface area contributed by atoms with E-state index in [0.29, 0.717) is 39.2 Å². The van der Waals surface area contributed by atoms with Crippen molar-refractivity contribution in [2.75, 3.05) is 0 Å². The van der Waals surface area contributed by atoms with E-state index in [-0.39, 0.29) is 22.3 Å². The molecule has 0 amide bonds. The van der Waals surface area contributed by atoms with E-state index in [1.807, 2.05) is 135 Å². The molecular formula is C50H32BF4N3. The Kier molecular flexibility index (Phi) is 7.85. The minimum Gasteiger partial charge on any atom is -0.307 e. The van der Waals surface area contributed by atoms with Crippen LogP contribution in [0.4, 0.5) is 17.6 Å². The van der Waals surface area contributed by atoms with Gasteiger partial charge in [0, 0.05) is 16.3 Å². The van der Waals surface area contributed by atoms with Crippen LogP contribution < -0.4 is 16.4 Å². The predicted molar refractivity (Wildman–Crippen MR) is 223 cm³/mol. The molecule has 2 aliphatic rings. The topological polar surface area (TPSA) is 52.5 Å². The van der Waals surface area contributed by atoms with Crippen LogP contribution in [0.3, 0.4) is 0 Å². The number of rotatable bonds is 4. The van der Waals surface area contributed by atoms with Gasteiger partial charge >= 0.3 is 0 Å². The highest BCUT2D eigenvalue weighted by Crippen LogP contribution is 2.57.